The van der Waals surface area contributed by atoms with Crippen LogP contribution in [-0.4, -0.2) is 42.6 Å². The summed E-state index contributed by atoms with van der Waals surface area (Å²) in [6.07, 6.45) is 4.97. The number of H-pyrrole nitrogens is 1. The molecule has 4 rings (SSSR count). The van der Waals surface area contributed by atoms with Gasteiger partial charge in [0.05, 0.1) is 12.2 Å². The zero-order chi connectivity index (χ0) is 24.6. The number of rotatable bonds is 12. The Kier molecular flexibility index (Phi) is 7.95. The first-order valence-electron chi connectivity index (χ1n) is 11.8. The van der Waals surface area contributed by atoms with E-state index in [0.717, 1.165) is 41.6 Å². The van der Waals surface area contributed by atoms with Crippen LogP contribution in [0.3, 0.4) is 0 Å². The summed E-state index contributed by atoms with van der Waals surface area (Å²) in [5, 5.41) is 24.0. The Labute approximate surface area is 204 Å². The summed E-state index contributed by atoms with van der Waals surface area (Å²) in [4.78, 5) is 18.0. The van der Waals surface area contributed by atoms with Crippen molar-refractivity contribution in [1.82, 2.24) is 30.2 Å². The van der Waals surface area contributed by atoms with Gasteiger partial charge in [0.2, 0.25) is 0 Å². The monoisotopic (exact) mass is 471 g/mol. The first kappa shape index (κ1) is 24.2. The lowest BCUT2D eigenvalue weighted by atomic mass is 9.94. The van der Waals surface area contributed by atoms with E-state index in [1.54, 1.807) is 12.3 Å². The highest BCUT2D eigenvalue weighted by molar-refractivity contribution is 6.09. The van der Waals surface area contributed by atoms with E-state index >= 15 is 0 Å². The molecular weight excluding hydrogens is 442 g/mol. The lowest BCUT2D eigenvalue weighted by Gasteiger charge is -2.11. The van der Waals surface area contributed by atoms with Gasteiger partial charge in [0, 0.05) is 49.3 Å². The number of carbonyl (C=O) groups is 1. The highest BCUT2D eigenvalue weighted by atomic mass is 16.5. The highest BCUT2D eigenvalue weighted by Crippen LogP contribution is 2.29. The maximum absolute atomic E-state index is 13.5. The number of tetrazole rings is 1. The van der Waals surface area contributed by atoms with Crippen LogP contribution in [-0.2, 0) is 31.2 Å². The lowest BCUT2D eigenvalue weighted by Crippen LogP contribution is -2.12. The van der Waals surface area contributed by atoms with Gasteiger partial charge in [-0.1, -0.05) is 37.3 Å². The molecule has 3 aromatic heterocycles. The van der Waals surface area contributed by atoms with Crippen LogP contribution in [0.1, 0.15) is 59.2 Å². The zero-order valence-electron chi connectivity index (χ0n) is 20.1. The molecule has 0 aliphatic carbocycles. The number of aromatic amines is 1. The normalized spacial score (nSPS) is 12.0. The van der Waals surface area contributed by atoms with E-state index < -0.39 is 0 Å². The minimum absolute atomic E-state index is 0.0443. The third-order valence-corrected chi connectivity index (χ3v) is 6.08. The highest BCUT2D eigenvalue weighted by Gasteiger charge is 2.24. The third kappa shape index (κ3) is 5.97. The van der Waals surface area contributed by atoms with Crippen LogP contribution in [0.15, 0.2) is 42.6 Å². The fourth-order valence-corrected chi connectivity index (χ4v) is 4.37. The van der Waals surface area contributed by atoms with Gasteiger partial charge in [0.15, 0.2) is 5.78 Å². The summed E-state index contributed by atoms with van der Waals surface area (Å²) in [6.45, 7) is 3.26. The Balaban J connectivity index is 1.46. The largest absolute Gasteiger partial charge is 0.377 e. The molecule has 0 saturated heterocycles. The van der Waals surface area contributed by atoms with Gasteiger partial charge in [-0.3, -0.25) is 4.79 Å². The number of aromatic nitrogens is 6. The van der Waals surface area contributed by atoms with Gasteiger partial charge >= 0.3 is 0 Å². The van der Waals surface area contributed by atoms with Gasteiger partial charge in [-0.15, -0.1) is 5.10 Å². The molecule has 35 heavy (non-hydrogen) atoms. The van der Waals surface area contributed by atoms with Crippen molar-refractivity contribution < 1.29 is 9.53 Å². The number of ether oxygens (including phenoxy) is 1. The zero-order valence-corrected chi connectivity index (χ0v) is 20.1. The summed E-state index contributed by atoms with van der Waals surface area (Å²) in [5.74, 6) is 0.758. The molecule has 0 unspecified atom stereocenters. The van der Waals surface area contributed by atoms with Gasteiger partial charge in [-0.05, 0) is 47.2 Å². The van der Waals surface area contributed by atoms with E-state index in [1.165, 1.54) is 0 Å². The predicted molar refractivity (Wildman–Crippen MR) is 130 cm³/mol. The van der Waals surface area contributed by atoms with Crippen molar-refractivity contribution in [3.8, 4) is 6.07 Å². The average Bonchev–Trinajstić information content (AvgIpc) is 3.47. The van der Waals surface area contributed by atoms with Gasteiger partial charge in [0.25, 0.3) is 0 Å². The van der Waals surface area contributed by atoms with Crippen LogP contribution in [0.2, 0.25) is 0 Å². The fraction of sp³-hybridized carbons (Fsp3) is 0.385. The minimum Gasteiger partial charge on any atom is -0.377 e. The second-order valence-electron chi connectivity index (χ2n) is 8.87. The molecule has 1 N–H and O–H groups in total. The molecule has 1 atom stereocenters. The number of Topliss-reactive ketones (excluding diaryl/α,β-unsaturated/α-hetero) is 1. The second kappa shape index (κ2) is 11.5. The summed E-state index contributed by atoms with van der Waals surface area (Å²) >= 11 is 0. The molecule has 180 valence electrons. The average molecular weight is 472 g/mol. The van der Waals surface area contributed by atoms with E-state index in [-0.39, 0.29) is 11.7 Å². The molecule has 9 nitrogen and oxygen atoms in total. The molecule has 0 bridgehead atoms. The van der Waals surface area contributed by atoms with Crippen LogP contribution in [0.4, 0.5) is 0 Å². The number of benzene rings is 1. The van der Waals surface area contributed by atoms with Crippen molar-refractivity contribution in [2.24, 2.45) is 13.0 Å². The molecule has 0 aliphatic heterocycles. The molecular formula is C26H29N7O2. The Hall–Kier alpha value is -3.90. The molecule has 0 amide bonds. The van der Waals surface area contributed by atoms with Crippen LogP contribution in [0.25, 0.3) is 11.0 Å². The Morgan fingerprint density at radius 3 is 2.83 bits per heavy atom. The summed E-state index contributed by atoms with van der Waals surface area (Å²) in [6, 6.07) is 14.0. The molecule has 0 saturated carbocycles. The predicted octanol–water partition coefficient (Wildman–Crippen LogP) is 3.95. The van der Waals surface area contributed by atoms with Gasteiger partial charge < -0.3 is 9.30 Å². The number of nitrogens with zero attached hydrogens (tertiary/aromatic N) is 6. The molecule has 9 heteroatoms. The SMILES string of the molecule is C[C@H](CC(=O)c1c(CCCCOCc2ccccc2)n(C)c2ncc(C#N)cc12)Cc1nnn[nH]1. The molecule has 1 aromatic carbocycles. The Bertz CT molecular complexity index is 1310. The van der Waals surface area contributed by atoms with Crippen LogP contribution >= 0.6 is 0 Å². The Morgan fingerprint density at radius 2 is 2.09 bits per heavy atom. The van der Waals surface area contributed by atoms with Crippen molar-refractivity contribution in [1.29, 1.82) is 5.26 Å². The summed E-state index contributed by atoms with van der Waals surface area (Å²) in [5.41, 5.74) is 3.93. The lowest BCUT2D eigenvalue weighted by molar-refractivity contribution is 0.0964. The van der Waals surface area contributed by atoms with E-state index in [0.29, 0.717) is 43.0 Å². The smallest absolute Gasteiger partial charge is 0.165 e. The number of hydrogen-bond acceptors (Lipinski definition) is 7. The molecule has 0 spiro atoms. The first-order chi connectivity index (χ1) is 17.1. The maximum Gasteiger partial charge on any atom is 0.165 e. The molecule has 3 heterocycles. The first-order valence-corrected chi connectivity index (χ1v) is 11.8. The van der Waals surface area contributed by atoms with Crippen LogP contribution in [0.5, 0.6) is 0 Å². The standard InChI is InChI=1S/C26H29N7O2/c1-18(13-24-29-31-32-30-24)12-23(34)25-21-14-20(15-27)16-28-26(21)33(2)22(25)10-6-7-11-35-17-19-8-4-3-5-9-19/h3-5,8-9,14,16,18H,6-7,10-13,17H2,1-2H3,(H,29,30,31,32)/t18-/m1/s1. The van der Waals surface area contributed by atoms with Crippen LogP contribution in [0, 0.1) is 17.2 Å². The molecule has 0 fully saturated rings. The summed E-state index contributed by atoms with van der Waals surface area (Å²) in [7, 11) is 1.93. The molecule has 4 aromatic rings. The van der Waals surface area contributed by atoms with E-state index in [2.05, 4.69) is 43.8 Å². The maximum atomic E-state index is 13.5. The number of ketones is 1. The third-order valence-electron chi connectivity index (χ3n) is 6.08. The van der Waals surface area contributed by atoms with E-state index in [1.807, 2.05) is 36.7 Å². The number of hydrogen-bond donors (Lipinski definition) is 1. The number of nitrogens with one attached hydrogen (secondary N) is 1. The van der Waals surface area contributed by atoms with E-state index in [9.17, 15) is 10.1 Å². The van der Waals surface area contributed by atoms with Gasteiger partial charge in [-0.25, -0.2) is 10.1 Å². The van der Waals surface area contributed by atoms with E-state index in [4.69, 9.17) is 4.74 Å². The molecule has 0 aliphatic rings. The quantitative estimate of drug-likeness (QED) is 0.245. The van der Waals surface area contributed by atoms with Crippen molar-refractivity contribution in [3.05, 3.63) is 70.8 Å². The van der Waals surface area contributed by atoms with Crippen LogP contribution < -0.4 is 0 Å². The van der Waals surface area contributed by atoms with Gasteiger partial charge in [-0.2, -0.15) is 5.26 Å². The number of pyridine rings is 1. The van der Waals surface area contributed by atoms with Crippen molar-refractivity contribution in [2.45, 2.75) is 45.6 Å². The number of unbranched alkanes of at least 4 members (excludes halogenated alkanes) is 1. The van der Waals surface area contributed by atoms with Gasteiger partial charge in [0.1, 0.15) is 17.5 Å². The van der Waals surface area contributed by atoms with Crippen molar-refractivity contribution in [2.75, 3.05) is 6.61 Å². The summed E-state index contributed by atoms with van der Waals surface area (Å²) < 4.78 is 7.80. The Morgan fingerprint density at radius 1 is 1.26 bits per heavy atom. The second-order valence-corrected chi connectivity index (χ2v) is 8.87. The topological polar surface area (TPSA) is 122 Å². The minimum atomic E-state index is 0.0443. The number of aryl methyl sites for hydroxylation is 1. The number of nitriles is 1. The molecule has 0 radical (unpaired) electrons. The number of carbonyl (C=O) groups excluding carboxylic acids is 1. The van der Waals surface area contributed by atoms with Crippen molar-refractivity contribution >= 4 is 16.8 Å². The fourth-order valence-electron chi connectivity index (χ4n) is 4.37. The van der Waals surface area contributed by atoms with Crippen molar-refractivity contribution in [3.63, 3.8) is 0 Å². The number of fused-ring (bicyclic) bond motifs is 1.